The van der Waals surface area contributed by atoms with Gasteiger partial charge in [-0.1, -0.05) is 12.1 Å². The van der Waals surface area contributed by atoms with Crippen molar-refractivity contribution < 1.29 is 18.7 Å². The number of ether oxygens (including phenoxy) is 1. The molecule has 0 aliphatic carbocycles. The van der Waals surface area contributed by atoms with Crippen LogP contribution >= 0.6 is 0 Å². The van der Waals surface area contributed by atoms with Gasteiger partial charge in [0.1, 0.15) is 5.76 Å². The summed E-state index contributed by atoms with van der Waals surface area (Å²) in [7, 11) is 1.60. The quantitative estimate of drug-likeness (QED) is 0.749. The molecule has 0 unspecified atom stereocenters. The minimum atomic E-state index is -0.126. The van der Waals surface area contributed by atoms with E-state index in [0.717, 1.165) is 17.0 Å². The van der Waals surface area contributed by atoms with Crippen molar-refractivity contribution in [2.75, 3.05) is 25.6 Å². The van der Waals surface area contributed by atoms with E-state index in [0.29, 0.717) is 19.7 Å². The summed E-state index contributed by atoms with van der Waals surface area (Å²) in [6, 6.07) is 10.9. The number of hydrogen-bond donors (Lipinski definition) is 1. The van der Waals surface area contributed by atoms with Gasteiger partial charge < -0.3 is 19.4 Å². The maximum atomic E-state index is 12.4. The highest BCUT2D eigenvalue weighted by molar-refractivity contribution is 5.92. The van der Waals surface area contributed by atoms with Crippen molar-refractivity contribution in [1.29, 1.82) is 0 Å². The van der Waals surface area contributed by atoms with Crippen molar-refractivity contribution in [3.8, 4) is 0 Å². The molecule has 6 heteroatoms. The molecule has 132 valence electrons. The second-order valence-corrected chi connectivity index (χ2v) is 5.47. The van der Waals surface area contributed by atoms with Crippen LogP contribution in [-0.4, -0.2) is 37.0 Å². The third kappa shape index (κ3) is 6.27. The maximum absolute atomic E-state index is 12.4. The van der Waals surface area contributed by atoms with Gasteiger partial charge in [-0.2, -0.15) is 0 Å². The number of hydrogen-bond acceptors (Lipinski definition) is 4. The molecule has 0 fully saturated rings. The Morgan fingerprint density at radius 2 is 2.00 bits per heavy atom. The van der Waals surface area contributed by atoms with Crippen LogP contribution in [0.15, 0.2) is 53.2 Å². The van der Waals surface area contributed by atoms with Gasteiger partial charge in [-0.25, -0.2) is 0 Å². The van der Waals surface area contributed by atoms with E-state index in [1.807, 2.05) is 18.2 Å². The fraction of sp³-hybridized carbons (Fsp3) is 0.263. The second kappa shape index (κ2) is 9.44. The Labute approximate surface area is 147 Å². The van der Waals surface area contributed by atoms with Crippen LogP contribution < -0.4 is 5.32 Å². The van der Waals surface area contributed by atoms with Gasteiger partial charge in [-0.05, 0) is 35.9 Å². The average molecular weight is 342 g/mol. The van der Waals surface area contributed by atoms with Crippen LogP contribution in [0.3, 0.4) is 0 Å². The Morgan fingerprint density at radius 3 is 2.60 bits per heavy atom. The Hall–Kier alpha value is -2.86. The summed E-state index contributed by atoms with van der Waals surface area (Å²) >= 11 is 0. The largest absolute Gasteiger partial charge is 0.467 e. The van der Waals surface area contributed by atoms with Gasteiger partial charge in [0.2, 0.25) is 11.8 Å². The summed E-state index contributed by atoms with van der Waals surface area (Å²) in [5.74, 6) is 0.474. The molecule has 0 aliphatic heterocycles. The van der Waals surface area contributed by atoms with Crippen molar-refractivity contribution in [1.82, 2.24) is 4.90 Å². The highest BCUT2D eigenvalue weighted by Gasteiger charge is 2.12. The zero-order chi connectivity index (χ0) is 18.1. The molecular formula is C19H22N2O4. The third-order valence-electron chi connectivity index (χ3n) is 3.45. The fourth-order valence-corrected chi connectivity index (χ4v) is 2.21. The lowest BCUT2D eigenvalue weighted by Gasteiger charge is -2.19. The van der Waals surface area contributed by atoms with Crippen LogP contribution in [0.2, 0.25) is 0 Å². The van der Waals surface area contributed by atoms with Crippen molar-refractivity contribution in [2.45, 2.75) is 13.5 Å². The average Bonchev–Trinajstić information content (AvgIpc) is 3.10. The number of amides is 2. The number of anilines is 1. The minimum absolute atomic E-state index is 0.120. The summed E-state index contributed by atoms with van der Waals surface area (Å²) in [6.45, 7) is 2.77. The Balaban J connectivity index is 2.00. The number of furan rings is 1. The van der Waals surface area contributed by atoms with Crippen LogP contribution in [0.5, 0.6) is 0 Å². The zero-order valence-electron chi connectivity index (χ0n) is 14.4. The van der Waals surface area contributed by atoms with E-state index in [9.17, 15) is 9.59 Å². The first kappa shape index (κ1) is 18.5. The molecule has 0 saturated carbocycles. The minimum Gasteiger partial charge on any atom is -0.467 e. The molecule has 1 N–H and O–H groups in total. The molecule has 1 heterocycles. The molecule has 2 rings (SSSR count). The van der Waals surface area contributed by atoms with E-state index in [2.05, 4.69) is 5.32 Å². The highest BCUT2D eigenvalue weighted by atomic mass is 16.5. The SMILES string of the molecule is COCCN(Cc1ccco1)C(=O)/C=C/c1ccc(NC(C)=O)cc1. The number of methoxy groups -OCH3 is 1. The topological polar surface area (TPSA) is 71.8 Å². The third-order valence-corrected chi connectivity index (χ3v) is 3.45. The molecule has 0 atom stereocenters. The van der Waals surface area contributed by atoms with Gasteiger partial charge >= 0.3 is 0 Å². The van der Waals surface area contributed by atoms with Gasteiger partial charge in [-0.15, -0.1) is 0 Å². The first-order valence-electron chi connectivity index (χ1n) is 7.94. The van der Waals surface area contributed by atoms with Gasteiger partial charge in [-0.3, -0.25) is 9.59 Å². The lowest BCUT2D eigenvalue weighted by Crippen LogP contribution is -2.31. The number of carbonyl (C=O) groups excluding carboxylic acids is 2. The van der Waals surface area contributed by atoms with Crippen LogP contribution in [0.4, 0.5) is 5.69 Å². The van der Waals surface area contributed by atoms with E-state index in [-0.39, 0.29) is 11.8 Å². The summed E-state index contributed by atoms with van der Waals surface area (Å²) < 4.78 is 10.4. The number of nitrogens with one attached hydrogen (secondary N) is 1. The smallest absolute Gasteiger partial charge is 0.247 e. The molecule has 2 amide bonds. The molecule has 0 bridgehead atoms. The fourth-order valence-electron chi connectivity index (χ4n) is 2.21. The Bertz CT molecular complexity index is 706. The number of nitrogens with zero attached hydrogens (tertiary/aromatic N) is 1. The molecule has 0 aliphatic rings. The van der Waals surface area contributed by atoms with Crippen LogP contribution in [0.25, 0.3) is 6.08 Å². The first-order chi connectivity index (χ1) is 12.1. The Morgan fingerprint density at radius 1 is 1.24 bits per heavy atom. The van der Waals surface area contributed by atoms with E-state index in [1.54, 1.807) is 42.5 Å². The number of benzene rings is 1. The summed E-state index contributed by atoms with van der Waals surface area (Å²) in [5, 5.41) is 2.70. The first-order valence-corrected chi connectivity index (χ1v) is 7.94. The molecule has 1 aromatic carbocycles. The van der Waals surface area contributed by atoms with E-state index in [1.165, 1.54) is 13.0 Å². The second-order valence-electron chi connectivity index (χ2n) is 5.47. The zero-order valence-corrected chi connectivity index (χ0v) is 14.4. The van der Waals surface area contributed by atoms with Crippen molar-refractivity contribution in [3.05, 3.63) is 60.1 Å². The van der Waals surface area contributed by atoms with Crippen molar-refractivity contribution in [2.24, 2.45) is 0 Å². The number of rotatable bonds is 8. The van der Waals surface area contributed by atoms with Crippen LogP contribution in [0, 0.1) is 0 Å². The van der Waals surface area contributed by atoms with Gasteiger partial charge in [0.25, 0.3) is 0 Å². The predicted octanol–water partition coefficient (Wildman–Crippen LogP) is 2.93. The molecule has 1 aromatic heterocycles. The molecule has 0 radical (unpaired) electrons. The van der Waals surface area contributed by atoms with E-state index in [4.69, 9.17) is 9.15 Å². The van der Waals surface area contributed by atoms with Gasteiger partial charge in [0.15, 0.2) is 0 Å². The van der Waals surface area contributed by atoms with Gasteiger partial charge in [0, 0.05) is 32.3 Å². The highest BCUT2D eigenvalue weighted by Crippen LogP contribution is 2.12. The lowest BCUT2D eigenvalue weighted by atomic mass is 10.2. The van der Waals surface area contributed by atoms with Gasteiger partial charge in [0.05, 0.1) is 19.4 Å². The van der Waals surface area contributed by atoms with Crippen molar-refractivity contribution >= 4 is 23.6 Å². The summed E-state index contributed by atoms with van der Waals surface area (Å²) in [6.07, 6.45) is 4.84. The predicted molar refractivity (Wildman–Crippen MR) is 95.8 cm³/mol. The summed E-state index contributed by atoms with van der Waals surface area (Å²) in [5.41, 5.74) is 1.59. The molecule has 6 nitrogen and oxygen atoms in total. The van der Waals surface area contributed by atoms with E-state index < -0.39 is 0 Å². The monoisotopic (exact) mass is 342 g/mol. The maximum Gasteiger partial charge on any atom is 0.247 e. The number of carbonyl (C=O) groups is 2. The molecular weight excluding hydrogens is 320 g/mol. The summed E-state index contributed by atoms with van der Waals surface area (Å²) in [4.78, 5) is 25.1. The van der Waals surface area contributed by atoms with Crippen LogP contribution in [0.1, 0.15) is 18.2 Å². The normalized spacial score (nSPS) is 10.8. The Kier molecular flexibility index (Phi) is 6.98. The van der Waals surface area contributed by atoms with E-state index >= 15 is 0 Å². The molecule has 2 aromatic rings. The molecule has 0 saturated heterocycles. The molecule has 0 spiro atoms. The molecule has 25 heavy (non-hydrogen) atoms. The standard InChI is InChI=1S/C19H22N2O4/c1-15(22)20-17-8-5-16(6-9-17)7-10-19(23)21(11-13-24-2)14-18-4-3-12-25-18/h3-10,12H,11,13-14H2,1-2H3,(H,20,22)/b10-7+. The lowest BCUT2D eigenvalue weighted by molar-refractivity contribution is -0.127. The van der Waals surface area contributed by atoms with Crippen molar-refractivity contribution in [3.63, 3.8) is 0 Å². The van der Waals surface area contributed by atoms with Crippen LogP contribution in [-0.2, 0) is 20.9 Å².